The van der Waals surface area contributed by atoms with Crippen LogP contribution in [0, 0.1) is 0 Å². The third-order valence-corrected chi connectivity index (χ3v) is 0. The molecule has 0 fully saturated rings. The predicted molar refractivity (Wildman–Crippen MR) is 29.8 cm³/mol. The van der Waals surface area contributed by atoms with Gasteiger partial charge < -0.3 is 0 Å². The van der Waals surface area contributed by atoms with Gasteiger partial charge in [0, 0.05) is 17.1 Å². The third-order valence-electron chi connectivity index (χ3n) is 0. The van der Waals surface area contributed by atoms with E-state index in [1.165, 1.54) is 0 Å². The van der Waals surface area contributed by atoms with Crippen molar-refractivity contribution in [2.75, 3.05) is 0 Å². The summed E-state index contributed by atoms with van der Waals surface area (Å²) in [6, 6.07) is 0. The van der Waals surface area contributed by atoms with Crippen LogP contribution in [0.5, 0.6) is 0 Å². The minimum Gasteiger partial charge on any atom is -0.0149 e. The Labute approximate surface area is 67.9 Å². The Morgan fingerprint density at radius 1 is 1.00 bits per heavy atom. The average Bonchev–Trinajstić information content (AvgIpc) is 0. The fraction of sp³-hybridized carbons (Fsp3) is 0. The second-order valence-electron chi connectivity index (χ2n) is 0. The topological polar surface area (TPSA) is 0 Å². The van der Waals surface area contributed by atoms with Crippen molar-refractivity contribution in [2.45, 2.75) is 0 Å². The number of hydrogen-bond donors (Lipinski definition) is 0. The van der Waals surface area contributed by atoms with Gasteiger partial charge in [0.05, 0.1) is 0 Å². The molecule has 0 rings (SSSR count). The van der Waals surface area contributed by atoms with Gasteiger partial charge in [0.25, 0.3) is 0 Å². The molecule has 0 spiro atoms. The Kier molecular flexibility index (Phi) is 183. The molecule has 4 heavy (non-hydrogen) atoms. The Balaban J connectivity index is 0. The molecule has 0 atom stereocenters. The Morgan fingerprint density at radius 2 is 1.00 bits per heavy atom. The van der Waals surface area contributed by atoms with Crippen LogP contribution in [-0.4, -0.2) is 51.4 Å². The van der Waals surface area contributed by atoms with Gasteiger partial charge in [0.1, 0.15) is 0 Å². The molecule has 0 aromatic carbocycles. The first-order valence-electron chi connectivity index (χ1n) is 0. The van der Waals surface area contributed by atoms with Crippen LogP contribution in [0.3, 0.4) is 0 Å². The Morgan fingerprint density at radius 3 is 1.00 bits per heavy atom. The quantitative estimate of drug-likeness (QED) is 0.309. The van der Waals surface area contributed by atoms with Gasteiger partial charge in [-0.15, -0.1) is 0 Å². The van der Waals surface area contributed by atoms with Crippen LogP contribution < -0.4 is 0 Å². The summed E-state index contributed by atoms with van der Waals surface area (Å²) in [7, 11) is 0. The molecule has 0 aromatic rings. The molecule has 0 bridgehead atoms. The van der Waals surface area contributed by atoms with E-state index in [1.54, 1.807) is 0 Å². The average molecular weight is 144 g/mol. The van der Waals surface area contributed by atoms with Gasteiger partial charge in [-0.25, -0.2) is 0 Å². The van der Waals surface area contributed by atoms with Crippen molar-refractivity contribution in [1.29, 1.82) is 0 Å². The first kappa shape index (κ1) is 36.9. The van der Waals surface area contributed by atoms with Crippen molar-refractivity contribution >= 4 is 51.4 Å². The van der Waals surface area contributed by atoms with E-state index >= 15 is 0 Å². The fourth-order valence-corrected chi connectivity index (χ4v) is 0. The molecule has 0 N–H and O–H groups in total. The second kappa shape index (κ2) is 19.8. The van der Waals surface area contributed by atoms with Crippen molar-refractivity contribution in [3.63, 3.8) is 0 Å². The van der Waals surface area contributed by atoms with Crippen LogP contribution in [0.15, 0.2) is 0 Å². The maximum Gasteiger partial charge on any atom is 0.316 e. The molecule has 0 heterocycles. The van der Waals surface area contributed by atoms with E-state index in [0.29, 0.717) is 0 Å². The van der Waals surface area contributed by atoms with Crippen molar-refractivity contribution in [3.8, 4) is 0 Å². The summed E-state index contributed by atoms with van der Waals surface area (Å²) in [5, 5.41) is 0. The van der Waals surface area contributed by atoms with Gasteiger partial charge in [-0.2, -0.15) is 0 Å². The zero-order valence-corrected chi connectivity index (χ0v) is 1.46. The summed E-state index contributed by atoms with van der Waals surface area (Å²) < 4.78 is 0. The van der Waals surface area contributed by atoms with Crippen LogP contribution in [-0.2, 0) is 17.1 Å². The summed E-state index contributed by atoms with van der Waals surface area (Å²) >= 11 is 0. The SMILES string of the molecule is [AlH3].[Fe].[MgH2].[SiH4]. The van der Waals surface area contributed by atoms with Crippen LogP contribution in [0.2, 0.25) is 0 Å². The smallest absolute Gasteiger partial charge is 0.0149 e. The van der Waals surface area contributed by atoms with Gasteiger partial charge >= 0.3 is 23.1 Å². The fourth-order valence-electron chi connectivity index (χ4n) is 0. The molecule has 26 valence electrons. The van der Waals surface area contributed by atoms with Gasteiger partial charge in [0.2, 0.25) is 0 Å². The molecule has 0 nitrogen and oxygen atoms in total. The molecular weight excluding hydrogens is 135 g/mol. The molecule has 0 aliphatic heterocycles. The normalized spacial score (nSPS) is 0. The molecule has 0 aliphatic carbocycles. The van der Waals surface area contributed by atoms with Crippen molar-refractivity contribution < 1.29 is 17.1 Å². The van der Waals surface area contributed by atoms with E-state index in [9.17, 15) is 0 Å². The van der Waals surface area contributed by atoms with Gasteiger partial charge in [0.15, 0.2) is 17.4 Å². The summed E-state index contributed by atoms with van der Waals surface area (Å²) in [5.41, 5.74) is 0. The third kappa shape index (κ3) is 8.97. The molecule has 0 aromatic heterocycles. The van der Waals surface area contributed by atoms with Crippen LogP contribution in [0.25, 0.3) is 0 Å². The number of rotatable bonds is 0. The molecule has 4 heteroatoms. The van der Waals surface area contributed by atoms with Crippen molar-refractivity contribution in [3.05, 3.63) is 0 Å². The zero-order chi connectivity index (χ0) is 0. The second-order valence-corrected chi connectivity index (χ2v) is 0. The predicted octanol–water partition coefficient (Wildman–Crippen LogP) is -3.55. The first-order valence-corrected chi connectivity index (χ1v) is 0. The monoisotopic (exact) mass is 144 g/mol. The van der Waals surface area contributed by atoms with Gasteiger partial charge in [-0.3, -0.25) is 0 Å². The van der Waals surface area contributed by atoms with Gasteiger partial charge in [-0.1, -0.05) is 0 Å². The van der Waals surface area contributed by atoms with Crippen LogP contribution in [0.4, 0.5) is 0 Å². The molecule has 0 saturated carbocycles. The van der Waals surface area contributed by atoms with Gasteiger partial charge in [-0.05, 0) is 11.0 Å². The molecule has 0 aliphatic rings. The van der Waals surface area contributed by atoms with Crippen molar-refractivity contribution in [1.82, 2.24) is 0 Å². The first-order chi connectivity index (χ1) is 0. The van der Waals surface area contributed by atoms with E-state index in [-0.39, 0.29) is 68.4 Å². The zero-order valence-electron chi connectivity index (χ0n) is 0.354. The Bertz CT molecular complexity index is 8.00. The van der Waals surface area contributed by atoms with E-state index in [2.05, 4.69) is 0 Å². The largest absolute Gasteiger partial charge is 0.316 e. The van der Waals surface area contributed by atoms with E-state index in [1.807, 2.05) is 0 Å². The number of hydrogen-bond acceptors (Lipinski definition) is 0. The van der Waals surface area contributed by atoms with Crippen LogP contribution in [0.1, 0.15) is 0 Å². The van der Waals surface area contributed by atoms with E-state index < -0.39 is 0 Å². The summed E-state index contributed by atoms with van der Waals surface area (Å²) in [6.45, 7) is 0. The summed E-state index contributed by atoms with van der Waals surface area (Å²) in [6.07, 6.45) is 0. The Hall–Kier alpha value is 2.04. The molecule has 0 radical (unpaired) electrons. The molecule has 0 saturated heterocycles. The standard InChI is InChI=1S/Al.Fe.Mg.H4Si.5H/h;;;1H4;;;;;. The minimum absolute atomic E-state index is 0. The summed E-state index contributed by atoms with van der Waals surface area (Å²) in [4.78, 5) is 0. The van der Waals surface area contributed by atoms with E-state index in [4.69, 9.17) is 0 Å². The molecule has 0 unspecified atom stereocenters. The minimum atomic E-state index is 0. The molecule has 0 amide bonds. The maximum absolute atomic E-state index is 0. The van der Waals surface area contributed by atoms with Crippen LogP contribution >= 0.6 is 0 Å². The van der Waals surface area contributed by atoms with Crippen molar-refractivity contribution in [2.24, 2.45) is 0 Å². The summed E-state index contributed by atoms with van der Waals surface area (Å²) in [5.74, 6) is 0. The van der Waals surface area contributed by atoms with E-state index in [0.717, 1.165) is 0 Å². The molecular formula is H9AlFeMgSi. The maximum atomic E-state index is 0.